The van der Waals surface area contributed by atoms with Gasteiger partial charge in [0, 0.05) is 24.5 Å². The van der Waals surface area contributed by atoms with E-state index in [-0.39, 0.29) is 4.90 Å². The molecule has 0 atom stereocenters. The van der Waals surface area contributed by atoms with Crippen LogP contribution in [0.25, 0.3) is 0 Å². The molecule has 2 aromatic carbocycles. The third-order valence-electron chi connectivity index (χ3n) is 2.95. The van der Waals surface area contributed by atoms with Crippen LogP contribution in [0.3, 0.4) is 0 Å². The van der Waals surface area contributed by atoms with Gasteiger partial charge in [-0.3, -0.25) is 0 Å². The lowest BCUT2D eigenvalue weighted by Gasteiger charge is -2.09. The van der Waals surface area contributed by atoms with E-state index in [1.165, 1.54) is 0 Å². The third kappa shape index (κ3) is 4.21. The highest BCUT2D eigenvalue weighted by atomic mass is 32.2. The molecule has 0 spiro atoms. The summed E-state index contributed by atoms with van der Waals surface area (Å²) in [7, 11) is -3.39. The molecule has 0 fully saturated rings. The first-order valence-corrected chi connectivity index (χ1v) is 8.17. The summed E-state index contributed by atoms with van der Waals surface area (Å²) in [4.78, 5) is 0.263. The Morgan fingerprint density at radius 2 is 1.81 bits per heavy atom. The number of nitrogens with two attached hydrogens (primary N) is 1. The summed E-state index contributed by atoms with van der Waals surface area (Å²) in [6.45, 7) is 2.75. The fraction of sp³-hybridized carbons (Fsp3) is 0.200. The predicted molar refractivity (Wildman–Crippen MR) is 85.5 cm³/mol. The second kappa shape index (κ2) is 6.60. The van der Waals surface area contributed by atoms with Crippen LogP contribution in [0.5, 0.6) is 0 Å². The Bertz CT molecular complexity index is 697. The minimum absolute atomic E-state index is 0.263. The maximum atomic E-state index is 11.8. The van der Waals surface area contributed by atoms with Crippen LogP contribution in [0.4, 0.5) is 11.4 Å². The van der Waals surface area contributed by atoms with Gasteiger partial charge in [-0.25, -0.2) is 13.1 Å². The minimum Gasteiger partial charge on any atom is -0.399 e. The van der Waals surface area contributed by atoms with E-state index >= 15 is 0 Å². The second-order valence-electron chi connectivity index (χ2n) is 4.62. The van der Waals surface area contributed by atoms with Crippen LogP contribution in [0.2, 0.25) is 0 Å². The first kappa shape index (κ1) is 15.3. The number of hydrogen-bond donors (Lipinski definition) is 3. The molecule has 2 aromatic rings. The van der Waals surface area contributed by atoms with Crippen LogP contribution < -0.4 is 15.8 Å². The molecule has 0 bridgehead atoms. The molecule has 0 unspecified atom stereocenters. The summed E-state index contributed by atoms with van der Waals surface area (Å²) in [5.41, 5.74) is 8.37. The number of nitrogens with one attached hydrogen (secondary N) is 2. The zero-order chi connectivity index (χ0) is 15.3. The lowest BCUT2D eigenvalue weighted by Crippen LogP contribution is -2.23. The predicted octanol–water partition coefficient (Wildman–Crippen LogP) is 2.18. The number of rotatable bonds is 6. The van der Waals surface area contributed by atoms with E-state index in [0.717, 1.165) is 16.9 Å². The van der Waals surface area contributed by atoms with E-state index in [2.05, 4.69) is 10.0 Å². The van der Waals surface area contributed by atoms with Gasteiger partial charge in [0.2, 0.25) is 10.0 Å². The molecule has 0 heterocycles. The van der Waals surface area contributed by atoms with Gasteiger partial charge in [-0.2, -0.15) is 0 Å². The molecule has 0 aliphatic carbocycles. The number of hydrogen-bond acceptors (Lipinski definition) is 4. The Morgan fingerprint density at radius 3 is 2.43 bits per heavy atom. The summed E-state index contributed by atoms with van der Waals surface area (Å²) in [5, 5.41) is 3.23. The quantitative estimate of drug-likeness (QED) is 0.714. The van der Waals surface area contributed by atoms with Crippen molar-refractivity contribution >= 4 is 21.4 Å². The molecule has 0 radical (unpaired) electrons. The van der Waals surface area contributed by atoms with Crippen LogP contribution in [0.1, 0.15) is 12.5 Å². The summed E-state index contributed by atoms with van der Waals surface area (Å²) < 4.78 is 26.1. The van der Waals surface area contributed by atoms with Crippen LogP contribution in [0, 0.1) is 0 Å². The van der Waals surface area contributed by atoms with E-state index in [1.54, 1.807) is 31.2 Å². The molecule has 0 saturated heterocycles. The molecule has 0 aliphatic heterocycles. The van der Waals surface area contributed by atoms with Crippen molar-refractivity contribution in [2.75, 3.05) is 17.6 Å². The molecule has 0 saturated carbocycles. The number of benzene rings is 2. The molecule has 4 N–H and O–H groups in total. The molecule has 0 aliphatic rings. The van der Waals surface area contributed by atoms with Gasteiger partial charge in [0.05, 0.1) is 4.90 Å². The van der Waals surface area contributed by atoms with Crippen molar-refractivity contribution in [1.29, 1.82) is 0 Å². The number of nitrogen functional groups attached to an aromatic ring is 1. The van der Waals surface area contributed by atoms with Crippen LogP contribution >= 0.6 is 0 Å². The van der Waals surface area contributed by atoms with Gasteiger partial charge in [0.25, 0.3) is 0 Å². The Labute approximate surface area is 125 Å². The fourth-order valence-corrected chi connectivity index (χ4v) is 2.97. The van der Waals surface area contributed by atoms with Gasteiger partial charge in [0.1, 0.15) is 0 Å². The van der Waals surface area contributed by atoms with E-state index in [0.29, 0.717) is 13.1 Å². The minimum atomic E-state index is -3.39. The van der Waals surface area contributed by atoms with Crippen molar-refractivity contribution in [3.05, 3.63) is 54.1 Å². The lowest BCUT2D eigenvalue weighted by molar-refractivity contribution is 0.584. The maximum absolute atomic E-state index is 11.8. The Balaban J connectivity index is 2.03. The summed E-state index contributed by atoms with van der Waals surface area (Å²) in [5.74, 6) is 0. The van der Waals surface area contributed by atoms with Crippen molar-refractivity contribution in [2.45, 2.75) is 18.4 Å². The van der Waals surface area contributed by atoms with Gasteiger partial charge in [-0.1, -0.05) is 19.1 Å². The van der Waals surface area contributed by atoms with Gasteiger partial charge < -0.3 is 11.1 Å². The first-order chi connectivity index (χ1) is 10.0. The van der Waals surface area contributed by atoms with Gasteiger partial charge in [0.15, 0.2) is 0 Å². The van der Waals surface area contributed by atoms with E-state index in [4.69, 9.17) is 5.73 Å². The molecule has 21 heavy (non-hydrogen) atoms. The summed E-state index contributed by atoms with van der Waals surface area (Å²) in [6.07, 6.45) is 0. The molecule has 0 amide bonds. The SMILES string of the molecule is CCNS(=O)(=O)c1ccc(NCc2cccc(N)c2)cc1. The van der Waals surface area contributed by atoms with Crippen LogP contribution in [0.15, 0.2) is 53.4 Å². The normalized spacial score (nSPS) is 11.3. The van der Waals surface area contributed by atoms with Crippen molar-refractivity contribution in [2.24, 2.45) is 0 Å². The van der Waals surface area contributed by atoms with E-state index < -0.39 is 10.0 Å². The zero-order valence-corrected chi connectivity index (χ0v) is 12.7. The van der Waals surface area contributed by atoms with Gasteiger partial charge in [-0.05, 0) is 42.0 Å². The molecule has 5 nitrogen and oxygen atoms in total. The van der Waals surface area contributed by atoms with Crippen LogP contribution in [-0.2, 0) is 16.6 Å². The van der Waals surface area contributed by atoms with Gasteiger partial charge in [-0.15, -0.1) is 0 Å². The highest BCUT2D eigenvalue weighted by Gasteiger charge is 2.11. The van der Waals surface area contributed by atoms with E-state index in [9.17, 15) is 8.42 Å². The number of anilines is 2. The van der Waals surface area contributed by atoms with Crippen LogP contribution in [-0.4, -0.2) is 15.0 Å². The average molecular weight is 305 g/mol. The third-order valence-corrected chi connectivity index (χ3v) is 4.51. The lowest BCUT2D eigenvalue weighted by atomic mass is 10.2. The fourth-order valence-electron chi connectivity index (χ4n) is 1.93. The van der Waals surface area contributed by atoms with Crippen molar-refractivity contribution in [3.63, 3.8) is 0 Å². The number of sulfonamides is 1. The monoisotopic (exact) mass is 305 g/mol. The summed E-state index contributed by atoms with van der Waals surface area (Å²) in [6, 6.07) is 14.3. The molecule has 112 valence electrons. The Hall–Kier alpha value is -2.05. The second-order valence-corrected chi connectivity index (χ2v) is 6.39. The maximum Gasteiger partial charge on any atom is 0.240 e. The zero-order valence-electron chi connectivity index (χ0n) is 11.8. The smallest absolute Gasteiger partial charge is 0.240 e. The summed E-state index contributed by atoms with van der Waals surface area (Å²) >= 11 is 0. The molecule has 0 aromatic heterocycles. The molecule has 2 rings (SSSR count). The first-order valence-electron chi connectivity index (χ1n) is 6.69. The Kier molecular flexibility index (Phi) is 4.82. The topological polar surface area (TPSA) is 84.2 Å². The van der Waals surface area contributed by atoms with Crippen molar-refractivity contribution in [3.8, 4) is 0 Å². The average Bonchev–Trinajstić information content (AvgIpc) is 2.46. The van der Waals surface area contributed by atoms with Crippen molar-refractivity contribution in [1.82, 2.24) is 4.72 Å². The highest BCUT2D eigenvalue weighted by molar-refractivity contribution is 7.89. The molecular weight excluding hydrogens is 286 g/mol. The largest absolute Gasteiger partial charge is 0.399 e. The van der Waals surface area contributed by atoms with E-state index in [1.807, 2.05) is 24.3 Å². The van der Waals surface area contributed by atoms with Gasteiger partial charge >= 0.3 is 0 Å². The molecule has 6 heteroatoms. The van der Waals surface area contributed by atoms with Crippen molar-refractivity contribution < 1.29 is 8.42 Å². The highest BCUT2D eigenvalue weighted by Crippen LogP contribution is 2.15. The Morgan fingerprint density at radius 1 is 1.10 bits per heavy atom. The molecular formula is C15H19N3O2S. The standard InChI is InChI=1S/C15H19N3O2S/c1-2-18-21(19,20)15-8-6-14(7-9-15)17-11-12-4-3-5-13(16)10-12/h3-10,17-18H,2,11,16H2,1H3.